The molecule has 0 aromatic heterocycles. The fourth-order valence-corrected chi connectivity index (χ4v) is 2.38. The number of unbranched alkanes of at least 4 members (excludes halogenated alkanes) is 4. The zero-order valence-electron chi connectivity index (χ0n) is 12.2. The summed E-state index contributed by atoms with van der Waals surface area (Å²) < 4.78 is 0. The number of hydrogen-bond donors (Lipinski definition) is 0. The molecule has 1 aromatic carbocycles. The van der Waals surface area contributed by atoms with E-state index in [-0.39, 0.29) is 0 Å². The van der Waals surface area contributed by atoms with E-state index in [4.69, 9.17) is 0 Å². The highest BCUT2D eigenvalue weighted by atomic mass is 15.1. The first-order valence-corrected chi connectivity index (χ1v) is 7.63. The lowest BCUT2D eigenvalue weighted by molar-refractivity contribution is 0.295. The van der Waals surface area contributed by atoms with E-state index in [9.17, 15) is 0 Å². The van der Waals surface area contributed by atoms with Crippen molar-refractivity contribution in [1.29, 1.82) is 0 Å². The van der Waals surface area contributed by atoms with Crippen molar-refractivity contribution in [2.75, 3.05) is 19.6 Å². The summed E-state index contributed by atoms with van der Waals surface area (Å²) >= 11 is 0. The van der Waals surface area contributed by atoms with Gasteiger partial charge in [-0.05, 0) is 44.5 Å². The van der Waals surface area contributed by atoms with Crippen LogP contribution < -0.4 is 0 Å². The van der Waals surface area contributed by atoms with E-state index >= 15 is 0 Å². The smallest absolute Gasteiger partial charge is 0.00190 e. The molecule has 0 fully saturated rings. The van der Waals surface area contributed by atoms with E-state index in [1.54, 1.807) is 0 Å². The Labute approximate surface area is 113 Å². The number of benzene rings is 1. The van der Waals surface area contributed by atoms with Gasteiger partial charge in [0.25, 0.3) is 0 Å². The van der Waals surface area contributed by atoms with Crippen molar-refractivity contribution in [1.82, 2.24) is 4.90 Å². The predicted octanol–water partition coefficient (Wildman–Crippen LogP) is 4.52. The average Bonchev–Trinajstić information content (AvgIpc) is 2.43. The van der Waals surface area contributed by atoms with E-state index in [0.29, 0.717) is 0 Å². The molecule has 18 heavy (non-hydrogen) atoms. The first-order valence-electron chi connectivity index (χ1n) is 7.63. The minimum atomic E-state index is 1.20. The van der Waals surface area contributed by atoms with Crippen molar-refractivity contribution in [3.63, 3.8) is 0 Å². The molecule has 1 heteroatoms. The van der Waals surface area contributed by atoms with E-state index in [2.05, 4.69) is 49.1 Å². The van der Waals surface area contributed by atoms with E-state index in [0.717, 1.165) is 0 Å². The molecule has 1 rings (SSSR count). The minimum Gasteiger partial charge on any atom is -0.304 e. The van der Waals surface area contributed by atoms with Gasteiger partial charge in [0.05, 0.1) is 0 Å². The SMILES string of the molecule is CCN(CC)CCCCCCCc1ccccc1. The third-order valence-corrected chi connectivity index (χ3v) is 3.68. The van der Waals surface area contributed by atoms with Gasteiger partial charge < -0.3 is 4.90 Å². The molecular formula is C17H29N. The van der Waals surface area contributed by atoms with Gasteiger partial charge in [-0.25, -0.2) is 0 Å². The highest BCUT2D eigenvalue weighted by Crippen LogP contribution is 2.09. The van der Waals surface area contributed by atoms with Gasteiger partial charge in [0, 0.05) is 0 Å². The van der Waals surface area contributed by atoms with Crippen LogP contribution in [0, 0.1) is 0 Å². The molecule has 0 heterocycles. The van der Waals surface area contributed by atoms with Crippen LogP contribution >= 0.6 is 0 Å². The Balaban J connectivity index is 1.93. The number of nitrogens with zero attached hydrogens (tertiary/aromatic N) is 1. The second-order valence-corrected chi connectivity index (χ2v) is 5.03. The molecule has 0 bridgehead atoms. The Morgan fingerprint density at radius 3 is 2.06 bits per heavy atom. The monoisotopic (exact) mass is 247 g/mol. The van der Waals surface area contributed by atoms with Crippen LogP contribution in [0.5, 0.6) is 0 Å². The predicted molar refractivity (Wildman–Crippen MR) is 81.0 cm³/mol. The normalized spacial score (nSPS) is 11.1. The van der Waals surface area contributed by atoms with Crippen LogP contribution in [0.25, 0.3) is 0 Å². The largest absolute Gasteiger partial charge is 0.304 e. The third-order valence-electron chi connectivity index (χ3n) is 3.68. The van der Waals surface area contributed by atoms with Crippen molar-refractivity contribution in [3.8, 4) is 0 Å². The third kappa shape index (κ3) is 6.80. The molecule has 0 aliphatic heterocycles. The number of hydrogen-bond acceptors (Lipinski definition) is 1. The number of rotatable bonds is 10. The van der Waals surface area contributed by atoms with Gasteiger partial charge in [0.1, 0.15) is 0 Å². The summed E-state index contributed by atoms with van der Waals surface area (Å²) in [6.45, 7) is 8.19. The highest BCUT2D eigenvalue weighted by molar-refractivity contribution is 5.14. The summed E-state index contributed by atoms with van der Waals surface area (Å²) in [5, 5.41) is 0. The summed E-state index contributed by atoms with van der Waals surface area (Å²) in [6, 6.07) is 10.8. The zero-order valence-corrected chi connectivity index (χ0v) is 12.2. The van der Waals surface area contributed by atoms with Gasteiger partial charge in [-0.15, -0.1) is 0 Å². The first kappa shape index (κ1) is 15.2. The molecule has 0 atom stereocenters. The molecular weight excluding hydrogens is 218 g/mol. The second-order valence-electron chi connectivity index (χ2n) is 5.03. The standard InChI is InChI=1S/C17H29N/c1-3-18(4-2)16-12-7-5-6-9-13-17-14-10-8-11-15-17/h8,10-11,14-15H,3-7,9,12-13,16H2,1-2H3. The summed E-state index contributed by atoms with van der Waals surface area (Å²) in [4.78, 5) is 2.52. The molecule has 0 unspecified atom stereocenters. The molecule has 0 saturated carbocycles. The van der Waals surface area contributed by atoms with Crippen LogP contribution in [-0.4, -0.2) is 24.5 Å². The lowest BCUT2D eigenvalue weighted by Crippen LogP contribution is -2.23. The first-order chi connectivity index (χ1) is 8.86. The Bertz CT molecular complexity index is 277. The van der Waals surface area contributed by atoms with Crippen molar-refractivity contribution in [2.45, 2.75) is 52.4 Å². The molecule has 1 nitrogen and oxygen atoms in total. The Morgan fingerprint density at radius 1 is 0.778 bits per heavy atom. The molecule has 102 valence electrons. The lowest BCUT2D eigenvalue weighted by atomic mass is 10.1. The maximum absolute atomic E-state index is 2.52. The van der Waals surface area contributed by atoms with Crippen LogP contribution in [-0.2, 0) is 6.42 Å². The summed E-state index contributed by atoms with van der Waals surface area (Å²) in [7, 11) is 0. The Morgan fingerprint density at radius 2 is 1.39 bits per heavy atom. The zero-order chi connectivity index (χ0) is 13.1. The van der Waals surface area contributed by atoms with E-state index < -0.39 is 0 Å². The van der Waals surface area contributed by atoms with Crippen LogP contribution in [0.4, 0.5) is 0 Å². The lowest BCUT2D eigenvalue weighted by Gasteiger charge is -2.17. The van der Waals surface area contributed by atoms with Gasteiger partial charge in [-0.2, -0.15) is 0 Å². The fraction of sp³-hybridized carbons (Fsp3) is 0.647. The highest BCUT2D eigenvalue weighted by Gasteiger charge is 1.98. The molecule has 0 aliphatic carbocycles. The van der Waals surface area contributed by atoms with Gasteiger partial charge >= 0.3 is 0 Å². The maximum Gasteiger partial charge on any atom is -0.00190 e. The summed E-state index contributed by atoms with van der Waals surface area (Å²) in [5.41, 5.74) is 1.49. The maximum atomic E-state index is 2.52. The van der Waals surface area contributed by atoms with Crippen LogP contribution in [0.2, 0.25) is 0 Å². The van der Waals surface area contributed by atoms with Crippen LogP contribution in [0.3, 0.4) is 0 Å². The molecule has 0 spiro atoms. The molecule has 0 amide bonds. The molecule has 0 aliphatic rings. The topological polar surface area (TPSA) is 3.24 Å². The fourth-order valence-electron chi connectivity index (χ4n) is 2.38. The van der Waals surface area contributed by atoms with Crippen molar-refractivity contribution >= 4 is 0 Å². The quantitative estimate of drug-likeness (QED) is 0.549. The molecule has 0 N–H and O–H groups in total. The van der Waals surface area contributed by atoms with Crippen molar-refractivity contribution < 1.29 is 0 Å². The second kappa shape index (κ2) is 10.1. The van der Waals surface area contributed by atoms with E-state index in [1.807, 2.05) is 0 Å². The molecule has 1 aromatic rings. The molecule has 0 radical (unpaired) electrons. The van der Waals surface area contributed by atoms with Crippen LogP contribution in [0.1, 0.15) is 51.5 Å². The molecule has 0 saturated heterocycles. The van der Waals surface area contributed by atoms with E-state index in [1.165, 1.54) is 63.7 Å². The van der Waals surface area contributed by atoms with Crippen molar-refractivity contribution in [2.24, 2.45) is 0 Å². The average molecular weight is 247 g/mol. The van der Waals surface area contributed by atoms with Gasteiger partial charge in [0.2, 0.25) is 0 Å². The van der Waals surface area contributed by atoms with Crippen LogP contribution in [0.15, 0.2) is 30.3 Å². The van der Waals surface area contributed by atoms with Gasteiger partial charge in [-0.3, -0.25) is 0 Å². The Hall–Kier alpha value is -0.820. The van der Waals surface area contributed by atoms with Gasteiger partial charge in [-0.1, -0.05) is 63.4 Å². The summed E-state index contributed by atoms with van der Waals surface area (Å²) in [6.07, 6.45) is 8.13. The minimum absolute atomic E-state index is 1.20. The Kier molecular flexibility index (Phi) is 8.58. The van der Waals surface area contributed by atoms with Gasteiger partial charge in [0.15, 0.2) is 0 Å². The van der Waals surface area contributed by atoms with Crippen molar-refractivity contribution in [3.05, 3.63) is 35.9 Å². The summed E-state index contributed by atoms with van der Waals surface area (Å²) in [5.74, 6) is 0. The number of aryl methyl sites for hydroxylation is 1.